The molecular formula is C14H21ClN2O2S. The van der Waals surface area contributed by atoms with Crippen LogP contribution in [0.2, 0.25) is 4.34 Å². The number of nitrogens with one attached hydrogen (secondary N) is 1. The minimum Gasteiger partial charge on any atom is -0.393 e. The van der Waals surface area contributed by atoms with E-state index in [0.717, 1.165) is 35.0 Å². The Balaban J connectivity index is 1.76. The summed E-state index contributed by atoms with van der Waals surface area (Å²) in [4.78, 5) is 15.2. The van der Waals surface area contributed by atoms with Crippen molar-refractivity contribution < 1.29 is 9.90 Å². The first kappa shape index (κ1) is 15.8. The van der Waals surface area contributed by atoms with E-state index in [9.17, 15) is 9.90 Å². The highest BCUT2D eigenvalue weighted by Crippen LogP contribution is 2.22. The van der Waals surface area contributed by atoms with E-state index in [4.69, 9.17) is 11.6 Å². The lowest BCUT2D eigenvalue weighted by Crippen LogP contribution is -2.40. The van der Waals surface area contributed by atoms with Crippen molar-refractivity contribution in [3.63, 3.8) is 0 Å². The number of amides is 1. The highest BCUT2D eigenvalue weighted by molar-refractivity contribution is 7.16. The standard InChI is InChI=1S/C14H21ClN2O2S/c1-10(18)7-11-3-2-6-17(11)9-14(19)16-8-12-4-5-13(15)20-12/h4-5,10-11,18H,2-3,6-9H2,1H3,(H,16,19). The highest BCUT2D eigenvalue weighted by atomic mass is 35.5. The van der Waals surface area contributed by atoms with E-state index in [1.54, 1.807) is 6.92 Å². The third-order valence-corrected chi connectivity index (χ3v) is 4.78. The quantitative estimate of drug-likeness (QED) is 0.846. The van der Waals surface area contributed by atoms with Crippen molar-refractivity contribution in [1.29, 1.82) is 0 Å². The zero-order valence-electron chi connectivity index (χ0n) is 11.6. The number of carbonyl (C=O) groups is 1. The first-order chi connectivity index (χ1) is 9.54. The van der Waals surface area contributed by atoms with Gasteiger partial charge in [-0.05, 0) is 44.9 Å². The fraction of sp³-hybridized carbons (Fsp3) is 0.643. The van der Waals surface area contributed by atoms with Crippen molar-refractivity contribution in [3.05, 3.63) is 21.3 Å². The van der Waals surface area contributed by atoms with Crippen molar-refractivity contribution in [3.8, 4) is 0 Å². The Morgan fingerprint density at radius 2 is 2.45 bits per heavy atom. The molecule has 0 spiro atoms. The van der Waals surface area contributed by atoms with E-state index >= 15 is 0 Å². The molecule has 2 N–H and O–H groups in total. The van der Waals surface area contributed by atoms with Crippen molar-refractivity contribution >= 4 is 28.8 Å². The number of nitrogens with zero attached hydrogens (tertiary/aromatic N) is 1. The summed E-state index contributed by atoms with van der Waals surface area (Å²) in [5.74, 6) is 0.0343. The number of aliphatic hydroxyl groups is 1. The molecule has 0 radical (unpaired) electrons. The molecule has 2 unspecified atom stereocenters. The second kappa shape index (κ2) is 7.41. The molecule has 6 heteroatoms. The maximum absolute atomic E-state index is 12.0. The fourth-order valence-corrected chi connectivity index (χ4v) is 3.66. The van der Waals surface area contributed by atoms with E-state index in [0.29, 0.717) is 19.1 Å². The van der Waals surface area contributed by atoms with Crippen LogP contribution in [-0.4, -0.2) is 41.1 Å². The van der Waals surface area contributed by atoms with E-state index in [-0.39, 0.29) is 12.0 Å². The van der Waals surface area contributed by atoms with E-state index in [2.05, 4.69) is 10.2 Å². The average Bonchev–Trinajstić information content (AvgIpc) is 2.96. The average molecular weight is 317 g/mol. The van der Waals surface area contributed by atoms with Crippen LogP contribution in [-0.2, 0) is 11.3 Å². The zero-order valence-corrected chi connectivity index (χ0v) is 13.2. The van der Waals surface area contributed by atoms with Gasteiger partial charge in [0.05, 0.1) is 23.5 Å². The summed E-state index contributed by atoms with van der Waals surface area (Å²) in [6, 6.07) is 4.10. The Labute approximate surface area is 128 Å². The largest absolute Gasteiger partial charge is 0.393 e. The van der Waals surface area contributed by atoms with Crippen LogP contribution < -0.4 is 5.32 Å². The molecule has 112 valence electrons. The van der Waals surface area contributed by atoms with Crippen molar-refractivity contribution in [2.24, 2.45) is 0 Å². The normalized spacial score (nSPS) is 21.1. The minimum absolute atomic E-state index is 0.0343. The zero-order chi connectivity index (χ0) is 14.5. The summed E-state index contributed by atoms with van der Waals surface area (Å²) >= 11 is 7.34. The van der Waals surface area contributed by atoms with Gasteiger partial charge in [-0.3, -0.25) is 9.69 Å². The summed E-state index contributed by atoms with van der Waals surface area (Å²) < 4.78 is 0.741. The van der Waals surface area contributed by atoms with Crippen LogP contribution >= 0.6 is 22.9 Å². The fourth-order valence-electron chi connectivity index (χ4n) is 2.64. The van der Waals surface area contributed by atoms with Gasteiger partial charge in [-0.15, -0.1) is 11.3 Å². The number of hydrogen-bond acceptors (Lipinski definition) is 4. The lowest BCUT2D eigenvalue weighted by atomic mass is 10.1. The Morgan fingerprint density at radius 1 is 1.65 bits per heavy atom. The van der Waals surface area contributed by atoms with E-state index < -0.39 is 0 Å². The van der Waals surface area contributed by atoms with Crippen LogP contribution in [0.3, 0.4) is 0 Å². The smallest absolute Gasteiger partial charge is 0.234 e. The summed E-state index contributed by atoms with van der Waals surface area (Å²) in [5.41, 5.74) is 0. The van der Waals surface area contributed by atoms with Crippen molar-refractivity contribution in [1.82, 2.24) is 10.2 Å². The molecule has 2 rings (SSSR count). The number of likely N-dealkylation sites (tertiary alicyclic amines) is 1. The van der Waals surface area contributed by atoms with Gasteiger partial charge < -0.3 is 10.4 Å². The van der Waals surface area contributed by atoms with Gasteiger partial charge in [0.1, 0.15) is 0 Å². The molecule has 2 heterocycles. The predicted octanol–water partition coefficient (Wildman–Crippen LogP) is 2.25. The molecular weight excluding hydrogens is 296 g/mol. The van der Waals surface area contributed by atoms with E-state index in [1.807, 2.05) is 12.1 Å². The monoisotopic (exact) mass is 316 g/mol. The van der Waals surface area contributed by atoms with Gasteiger partial charge in [0.25, 0.3) is 0 Å². The second-order valence-electron chi connectivity index (χ2n) is 5.33. The molecule has 2 atom stereocenters. The Morgan fingerprint density at radius 3 is 3.10 bits per heavy atom. The Hall–Kier alpha value is -0.620. The van der Waals surface area contributed by atoms with E-state index in [1.165, 1.54) is 11.3 Å². The molecule has 1 fully saturated rings. The van der Waals surface area contributed by atoms with Crippen LogP contribution in [0.15, 0.2) is 12.1 Å². The number of thiophene rings is 1. The lowest BCUT2D eigenvalue weighted by molar-refractivity contribution is -0.122. The number of hydrogen-bond donors (Lipinski definition) is 2. The molecule has 4 nitrogen and oxygen atoms in total. The molecule has 1 amide bonds. The molecule has 1 aliphatic heterocycles. The van der Waals surface area contributed by atoms with Crippen LogP contribution in [0, 0.1) is 0 Å². The summed E-state index contributed by atoms with van der Waals surface area (Å²) in [5, 5.41) is 12.4. The van der Waals surface area contributed by atoms with Crippen LogP contribution in [0.25, 0.3) is 0 Å². The number of carbonyl (C=O) groups excluding carboxylic acids is 1. The first-order valence-corrected chi connectivity index (χ1v) is 8.17. The van der Waals surface area contributed by atoms with Crippen molar-refractivity contribution in [2.45, 2.75) is 44.9 Å². The van der Waals surface area contributed by atoms with Gasteiger partial charge in [0, 0.05) is 10.9 Å². The Bertz CT molecular complexity index is 450. The van der Waals surface area contributed by atoms with Gasteiger partial charge in [0.2, 0.25) is 5.91 Å². The van der Waals surface area contributed by atoms with Gasteiger partial charge in [-0.1, -0.05) is 11.6 Å². The van der Waals surface area contributed by atoms with Crippen LogP contribution in [0.1, 0.15) is 31.1 Å². The third kappa shape index (κ3) is 4.74. The van der Waals surface area contributed by atoms with Crippen molar-refractivity contribution in [2.75, 3.05) is 13.1 Å². The third-order valence-electron chi connectivity index (χ3n) is 3.55. The maximum Gasteiger partial charge on any atom is 0.234 e. The first-order valence-electron chi connectivity index (χ1n) is 6.97. The predicted molar refractivity (Wildman–Crippen MR) is 82.1 cm³/mol. The molecule has 20 heavy (non-hydrogen) atoms. The SMILES string of the molecule is CC(O)CC1CCCN1CC(=O)NCc1ccc(Cl)s1. The molecule has 1 aliphatic rings. The summed E-state index contributed by atoms with van der Waals surface area (Å²) in [7, 11) is 0. The van der Waals surface area contributed by atoms with Crippen LogP contribution in [0.5, 0.6) is 0 Å². The van der Waals surface area contributed by atoms with Gasteiger partial charge in [-0.2, -0.15) is 0 Å². The topological polar surface area (TPSA) is 52.6 Å². The van der Waals surface area contributed by atoms with Gasteiger partial charge in [-0.25, -0.2) is 0 Å². The number of aliphatic hydroxyl groups excluding tert-OH is 1. The molecule has 1 aromatic heterocycles. The number of halogens is 1. The maximum atomic E-state index is 12.0. The molecule has 1 saturated heterocycles. The Kier molecular flexibility index (Phi) is 5.84. The second-order valence-corrected chi connectivity index (χ2v) is 7.13. The molecule has 0 aromatic carbocycles. The molecule has 0 saturated carbocycles. The van der Waals surface area contributed by atoms with Crippen LogP contribution in [0.4, 0.5) is 0 Å². The molecule has 0 bridgehead atoms. The molecule has 1 aromatic rings. The van der Waals surface area contributed by atoms with Gasteiger partial charge in [0.15, 0.2) is 0 Å². The van der Waals surface area contributed by atoms with Gasteiger partial charge >= 0.3 is 0 Å². The molecule has 0 aliphatic carbocycles. The lowest BCUT2D eigenvalue weighted by Gasteiger charge is -2.24. The number of rotatable bonds is 6. The summed E-state index contributed by atoms with van der Waals surface area (Å²) in [6.07, 6.45) is 2.61. The summed E-state index contributed by atoms with van der Waals surface area (Å²) in [6.45, 7) is 3.69. The minimum atomic E-state index is -0.308. The highest BCUT2D eigenvalue weighted by Gasteiger charge is 2.26.